The maximum atomic E-state index is 2.62. The third kappa shape index (κ3) is 3.17. The third-order valence-corrected chi connectivity index (χ3v) is 4.98. The molecule has 0 bridgehead atoms. The van der Waals surface area contributed by atoms with Crippen molar-refractivity contribution in [1.29, 1.82) is 0 Å². The molecule has 3 rings (SSSR count). The zero-order valence-electron chi connectivity index (χ0n) is 13.2. The van der Waals surface area contributed by atoms with Gasteiger partial charge in [-0.2, -0.15) is 0 Å². The van der Waals surface area contributed by atoms with Crippen molar-refractivity contribution in [2.24, 2.45) is 5.92 Å². The Hall–Kier alpha value is -1.02. The maximum Gasteiger partial charge on any atom is 0.0399 e. The van der Waals surface area contributed by atoms with Crippen molar-refractivity contribution in [2.75, 3.05) is 32.1 Å². The van der Waals surface area contributed by atoms with Gasteiger partial charge in [0.05, 0.1) is 0 Å². The van der Waals surface area contributed by atoms with Gasteiger partial charge in [0.15, 0.2) is 0 Å². The SMILES string of the molecule is Cc1ccc(N2CCC(N(C)C)CC2)c(CC2CC2)c1. The minimum absolute atomic E-state index is 0.767. The molecule has 2 fully saturated rings. The fourth-order valence-electron chi connectivity index (χ4n) is 3.44. The highest BCUT2D eigenvalue weighted by Gasteiger charge is 2.26. The molecule has 2 nitrogen and oxygen atoms in total. The molecule has 1 saturated heterocycles. The van der Waals surface area contributed by atoms with Crippen LogP contribution in [0.3, 0.4) is 0 Å². The van der Waals surface area contributed by atoms with Crippen LogP contribution in [-0.4, -0.2) is 38.1 Å². The smallest absolute Gasteiger partial charge is 0.0399 e. The van der Waals surface area contributed by atoms with E-state index in [4.69, 9.17) is 0 Å². The van der Waals surface area contributed by atoms with Crippen molar-refractivity contribution in [3.05, 3.63) is 29.3 Å². The molecule has 1 aromatic rings. The summed E-state index contributed by atoms with van der Waals surface area (Å²) in [5, 5.41) is 0. The number of hydrogen-bond donors (Lipinski definition) is 0. The lowest BCUT2D eigenvalue weighted by Gasteiger charge is -2.37. The van der Waals surface area contributed by atoms with E-state index in [1.165, 1.54) is 56.4 Å². The highest BCUT2D eigenvalue weighted by atomic mass is 15.2. The van der Waals surface area contributed by atoms with E-state index in [0.717, 1.165) is 12.0 Å². The molecule has 0 unspecified atom stereocenters. The zero-order chi connectivity index (χ0) is 14.1. The monoisotopic (exact) mass is 272 g/mol. The lowest BCUT2D eigenvalue weighted by atomic mass is 9.99. The van der Waals surface area contributed by atoms with Gasteiger partial charge in [0.2, 0.25) is 0 Å². The summed E-state index contributed by atoms with van der Waals surface area (Å²) in [6, 6.07) is 7.84. The van der Waals surface area contributed by atoms with E-state index in [-0.39, 0.29) is 0 Å². The number of hydrogen-bond acceptors (Lipinski definition) is 2. The van der Waals surface area contributed by atoms with E-state index in [1.54, 1.807) is 5.56 Å². The van der Waals surface area contributed by atoms with Crippen molar-refractivity contribution >= 4 is 5.69 Å². The van der Waals surface area contributed by atoms with Crippen LogP contribution in [0, 0.1) is 12.8 Å². The Morgan fingerprint density at radius 3 is 2.40 bits per heavy atom. The predicted octanol–water partition coefficient (Wildman–Crippen LogP) is 3.48. The quantitative estimate of drug-likeness (QED) is 0.828. The molecule has 110 valence electrons. The highest BCUT2D eigenvalue weighted by Crippen LogP contribution is 2.36. The first-order valence-corrected chi connectivity index (χ1v) is 8.14. The number of rotatable bonds is 4. The van der Waals surface area contributed by atoms with Gasteiger partial charge in [0, 0.05) is 24.8 Å². The lowest BCUT2D eigenvalue weighted by Crippen LogP contribution is -2.42. The topological polar surface area (TPSA) is 6.48 Å². The van der Waals surface area contributed by atoms with Gasteiger partial charge in [-0.25, -0.2) is 0 Å². The number of aryl methyl sites for hydroxylation is 1. The molecule has 0 spiro atoms. The first-order chi connectivity index (χ1) is 9.63. The number of piperidine rings is 1. The molecule has 1 aromatic carbocycles. The van der Waals surface area contributed by atoms with E-state index < -0.39 is 0 Å². The lowest BCUT2D eigenvalue weighted by molar-refractivity contribution is 0.249. The van der Waals surface area contributed by atoms with Crippen LogP contribution >= 0.6 is 0 Å². The number of anilines is 1. The maximum absolute atomic E-state index is 2.62. The average molecular weight is 272 g/mol. The van der Waals surface area contributed by atoms with Gasteiger partial charge < -0.3 is 9.80 Å². The van der Waals surface area contributed by atoms with Crippen LogP contribution in [0.4, 0.5) is 5.69 Å². The Labute approximate surface area is 123 Å². The molecule has 2 heteroatoms. The summed E-state index contributed by atoms with van der Waals surface area (Å²) in [5.74, 6) is 0.967. The van der Waals surface area contributed by atoms with E-state index in [2.05, 4.69) is 49.0 Å². The second-order valence-corrected chi connectivity index (χ2v) is 6.96. The van der Waals surface area contributed by atoms with Crippen molar-refractivity contribution in [1.82, 2.24) is 4.90 Å². The Bertz CT molecular complexity index is 454. The van der Waals surface area contributed by atoms with Gasteiger partial charge in [-0.3, -0.25) is 0 Å². The second-order valence-electron chi connectivity index (χ2n) is 6.96. The molecule has 1 heterocycles. The van der Waals surface area contributed by atoms with Crippen molar-refractivity contribution in [2.45, 2.75) is 45.1 Å². The second kappa shape index (κ2) is 5.77. The van der Waals surface area contributed by atoms with Crippen LogP contribution in [0.2, 0.25) is 0 Å². The molecule has 0 aromatic heterocycles. The molecule has 2 aliphatic rings. The summed E-state index contributed by atoms with van der Waals surface area (Å²) in [6.45, 7) is 4.64. The standard InChI is InChI=1S/C18H28N2/c1-14-4-7-18(16(12-14)13-15-5-6-15)20-10-8-17(9-11-20)19(2)3/h4,7,12,15,17H,5-6,8-11,13H2,1-3H3. The van der Waals surface area contributed by atoms with Gasteiger partial charge in [-0.15, -0.1) is 0 Å². The molecule has 0 radical (unpaired) electrons. The van der Waals surface area contributed by atoms with E-state index in [0.29, 0.717) is 0 Å². The Kier molecular flexibility index (Phi) is 4.02. The minimum Gasteiger partial charge on any atom is -0.371 e. The molecular weight excluding hydrogens is 244 g/mol. The summed E-state index contributed by atoms with van der Waals surface area (Å²) in [5.41, 5.74) is 4.52. The fourth-order valence-corrected chi connectivity index (χ4v) is 3.44. The van der Waals surface area contributed by atoms with Crippen LogP contribution < -0.4 is 4.90 Å². The summed E-state index contributed by atoms with van der Waals surface area (Å²) < 4.78 is 0. The van der Waals surface area contributed by atoms with Gasteiger partial charge in [0.1, 0.15) is 0 Å². The van der Waals surface area contributed by atoms with Crippen molar-refractivity contribution in [3.63, 3.8) is 0 Å². The number of nitrogens with zero attached hydrogens (tertiary/aromatic N) is 2. The van der Waals surface area contributed by atoms with Gasteiger partial charge >= 0.3 is 0 Å². The molecule has 1 saturated carbocycles. The molecule has 0 N–H and O–H groups in total. The highest BCUT2D eigenvalue weighted by molar-refractivity contribution is 5.55. The van der Waals surface area contributed by atoms with Gasteiger partial charge in [-0.05, 0) is 70.7 Å². The summed E-state index contributed by atoms with van der Waals surface area (Å²) in [4.78, 5) is 5.01. The Balaban J connectivity index is 1.73. The van der Waals surface area contributed by atoms with Crippen LogP contribution in [0.1, 0.15) is 36.8 Å². The zero-order valence-corrected chi connectivity index (χ0v) is 13.2. The first kappa shape index (κ1) is 13.9. The molecule has 1 aliphatic heterocycles. The fraction of sp³-hybridized carbons (Fsp3) is 0.667. The van der Waals surface area contributed by atoms with Crippen LogP contribution in [-0.2, 0) is 6.42 Å². The van der Waals surface area contributed by atoms with Crippen molar-refractivity contribution < 1.29 is 0 Å². The molecular formula is C18H28N2. The normalized spacial score (nSPS) is 20.7. The van der Waals surface area contributed by atoms with E-state index >= 15 is 0 Å². The van der Waals surface area contributed by atoms with Gasteiger partial charge in [0.25, 0.3) is 0 Å². The van der Waals surface area contributed by atoms with E-state index in [9.17, 15) is 0 Å². The first-order valence-electron chi connectivity index (χ1n) is 8.14. The molecule has 20 heavy (non-hydrogen) atoms. The van der Waals surface area contributed by atoms with Crippen LogP contribution in [0.25, 0.3) is 0 Å². The largest absolute Gasteiger partial charge is 0.371 e. The van der Waals surface area contributed by atoms with Gasteiger partial charge in [-0.1, -0.05) is 17.7 Å². The average Bonchev–Trinajstić information content (AvgIpc) is 3.23. The number of benzene rings is 1. The minimum atomic E-state index is 0.767. The Morgan fingerprint density at radius 1 is 1.10 bits per heavy atom. The summed E-state index contributed by atoms with van der Waals surface area (Å²) >= 11 is 0. The van der Waals surface area contributed by atoms with E-state index in [1.807, 2.05) is 0 Å². The molecule has 0 amide bonds. The van der Waals surface area contributed by atoms with Crippen LogP contribution in [0.15, 0.2) is 18.2 Å². The van der Waals surface area contributed by atoms with Crippen LogP contribution in [0.5, 0.6) is 0 Å². The third-order valence-electron chi connectivity index (χ3n) is 4.98. The Morgan fingerprint density at radius 2 is 1.80 bits per heavy atom. The summed E-state index contributed by atoms with van der Waals surface area (Å²) in [6.07, 6.45) is 6.77. The molecule has 0 atom stereocenters. The summed E-state index contributed by atoms with van der Waals surface area (Å²) in [7, 11) is 4.43. The molecule has 1 aliphatic carbocycles. The van der Waals surface area contributed by atoms with Crippen molar-refractivity contribution in [3.8, 4) is 0 Å². The predicted molar refractivity (Wildman–Crippen MR) is 86.5 cm³/mol.